The van der Waals surface area contributed by atoms with E-state index in [0.717, 1.165) is 47.1 Å². The van der Waals surface area contributed by atoms with Gasteiger partial charge in [0.05, 0.1) is 35.7 Å². The SMILES string of the molecule is CNc1ccc(-c2cc3cc[nH]c(=O)c3c(Nc3ccc(N4CCO[C@H](C)C4)nc3)n2)cn1. The normalized spacial score (nSPS) is 16.1. The molecular weight excluding hydrogens is 418 g/mol. The van der Waals surface area contributed by atoms with Crippen molar-refractivity contribution in [2.45, 2.75) is 13.0 Å². The minimum Gasteiger partial charge on any atom is -0.375 e. The Hall–Kier alpha value is -3.98. The number of H-pyrrole nitrogens is 1. The maximum absolute atomic E-state index is 12.6. The standard InChI is InChI=1S/C24H25N7O2/c1-15-14-31(9-10-33-15)21-6-4-18(13-28-21)29-23-22-16(7-8-26-24(22)32)11-19(30-23)17-3-5-20(25-2)27-12-17/h3-8,11-13,15H,9-10,14H2,1-2H3,(H,25,27)(H,26,32)(H,29,30)/t15-/m1/s1. The van der Waals surface area contributed by atoms with E-state index >= 15 is 0 Å². The van der Waals surface area contributed by atoms with E-state index in [1.807, 2.05) is 43.4 Å². The van der Waals surface area contributed by atoms with Crippen LogP contribution >= 0.6 is 0 Å². The molecule has 0 saturated carbocycles. The molecule has 1 atom stereocenters. The minimum atomic E-state index is -0.204. The van der Waals surface area contributed by atoms with Gasteiger partial charge in [-0.15, -0.1) is 0 Å². The van der Waals surface area contributed by atoms with E-state index < -0.39 is 0 Å². The Bertz CT molecular complexity index is 1320. The molecule has 1 aliphatic heterocycles. The minimum absolute atomic E-state index is 0.181. The van der Waals surface area contributed by atoms with E-state index in [9.17, 15) is 4.79 Å². The third-order valence-corrected chi connectivity index (χ3v) is 5.65. The Morgan fingerprint density at radius 2 is 2.06 bits per heavy atom. The van der Waals surface area contributed by atoms with Crippen LogP contribution in [0.25, 0.3) is 22.0 Å². The molecule has 1 saturated heterocycles. The summed E-state index contributed by atoms with van der Waals surface area (Å²) in [5, 5.41) is 7.58. The van der Waals surface area contributed by atoms with E-state index in [1.165, 1.54) is 0 Å². The predicted molar refractivity (Wildman–Crippen MR) is 130 cm³/mol. The van der Waals surface area contributed by atoms with Crippen LogP contribution in [0.4, 0.5) is 23.1 Å². The molecule has 1 aliphatic rings. The summed E-state index contributed by atoms with van der Waals surface area (Å²) >= 11 is 0. The van der Waals surface area contributed by atoms with E-state index in [0.29, 0.717) is 17.8 Å². The molecule has 4 aromatic heterocycles. The number of anilines is 4. The van der Waals surface area contributed by atoms with Gasteiger partial charge in [0.15, 0.2) is 0 Å². The predicted octanol–water partition coefficient (Wildman–Crippen LogP) is 3.39. The summed E-state index contributed by atoms with van der Waals surface area (Å²) in [6.07, 6.45) is 5.34. The number of morpholine rings is 1. The largest absolute Gasteiger partial charge is 0.375 e. The van der Waals surface area contributed by atoms with Crippen molar-refractivity contribution in [2.75, 3.05) is 42.3 Å². The zero-order valence-corrected chi connectivity index (χ0v) is 18.5. The second kappa shape index (κ2) is 8.87. The molecule has 5 rings (SSSR count). The maximum Gasteiger partial charge on any atom is 0.259 e. The lowest BCUT2D eigenvalue weighted by atomic mass is 10.1. The highest BCUT2D eigenvalue weighted by Crippen LogP contribution is 2.28. The van der Waals surface area contributed by atoms with Crippen LogP contribution in [0.5, 0.6) is 0 Å². The monoisotopic (exact) mass is 443 g/mol. The number of aromatic nitrogens is 4. The molecule has 168 valence electrons. The molecule has 0 unspecified atom stereocenters. The fourth-order valence-electron chi connectivity index (χ4n) is 3.96. The van der Waals surface area contributed by atoms with Gasteiger partial charge < -0.3 is 25.3 Å². The Balaban J connectivity index is 1.49. The van der Waals surface area contributed by atoms with Gasteiger partial charge in [0.2, 0.25) is 0 Å². The molecule has 0 radical (unpaired) electrons. The number of hydrogen-bond acceptors (Lipinski definition) is 8. The van der Waals surface area contributed by atoms with Crippen molar-refractivity contribution in [3.8, 4) is 11.3 Å². The molecule has 0 bridgehead atoms. The molecule has 4 aromatic rings. The molecule has 3 N–H and O–H groups in total. The van der Waals surface area contributed by atoms with E-state index in [1.54, 1.807) is 18.6 Å². The number of nitrogens with zero attached hydrogens (tertiary/aromatic N) is 4. The first-order valence-electron chi connectivity index (χ1n) is 10.9. The summed E-state index contributed by atoms with van der Waals surface area (Å²) in [6.45, 7) is 4.38. The van der Waals surface area contributed by atoms with Crippen molar-refractivity contribution < 1.29 is 4.74 Å². The first-order chi connectivity index (χ1) is 16.1. The van der Waals surface area contributed by atoms with Crippen LogP contribution in [0.1, 0.15) is 6.92 Å². The zero-order valence-electron chi connectivity index (χ0n) is 18.5. The van der Waals surface area contributed by atoms with Crippen molar-refractivity contribution in [2.24, 2.45) is 0 Å². The average Bonchev–Trinajstić information content (AvgIpc) is 2.84. The Morgan fingerprint density at radius 3 is 2.79 bits per heavy atom. The number of hydrogen-bond donors (Lipinski definition) is 3. The average molecular weight is 444 g/mol. The van der Waals surface area contributed by atoms with Gasteiger partial charge in [-0.25, -0.2) is 15.0 Å². The molecular formula is C24H25N7O2. The third-order valence-electron chi connectivity index (χ3n) is 5.65. The lowest BCUT2D eigenvalue weighted by Crippen LogP contribution is -2.41. The van der Waals surface area contributed by atoms with Gasteiger partial charge in [0.25, 0.3) is 5.56 Å². The van der Waals surface area contributed by atoms with E-state index in [4.69, 9.17) is 9.72 Å². The van der Waals surface area contributed by atoms with Gasteiger partial charge in [0, 0.05) is 38.1 Å². The van der Waals surface area contributed by atoms with Crippen LogP contribution in [0.3, 0.4) is 0 Å². The van der Waals surface area contributed by atoms with Crippen molar-refractivity contribution in [3.05, 3.63) is 65.3 Å². The van der Waals surface area contributed by atoms with Gasteiger partial charge in [-0.3, -0.25) is 4.79 Å². The third kappa shape index (κ3) is 4.35. The van der Waals surface area contributed by atoms with Crippen LogP contribution in [0, 0.1) is 0 Å². The van der Waals surface area contributed by atoms with Gasteiger partial charge >= 0.3 is 0 Å². The second-order valence-corrected chi connectivity index (χ2v) is 7.97. The first-order valence-corrected chi connectivity index (χ1v) is 10.9. The molecule has 0 aromatic carbocycles. The summed E-state index contributed by atoms with van der Waals surface area (Å²) in [5.41, 5.74) is 2.12. The highest BCUT2D eigenvalue weighted by Gasteiger charge is 2.18. The summed E-state index contributed by atoms with van der Waals surface area (Å²) in [5.74, 6) is 2.14. The summed E-state index contributed by atoms with van der Waals surface area (Å²) in [4.78, 5) is 31.3. The number of ether oxygens (including phenoxy) is 1. The highest BCUT2D eigenvalue weighted by molar-refractivity contribution is 5.95. The second-order valence-electron chi connectivity index (χ2n) is 7.97. The molecule has 5 heterocycles. The molecule has 1 fully saturated rings. The maximum atomic E-state index is 12.6. The number of aromatic amines is 1. The molecule has 33 heavy (non-hydrogen) atoms. The van der Waals surface area contributed by atoms with Crippen LogP contribution in [-0.2, 0) is 4.74 Å². The van der Waals surface area contributed by atoms with Crippen LogP contribution in [0.15, 0.2) is 59.8 Å². The number of fused-ring (bicyclic) bond motifs is 1. The van der Waals surface area contributed by atoms with Gasteiger partial charge in [-0.2, -0.15) is 0 Å². The Morgan fingerprint density at radius 1 is 1.15 bits per heavy atom. The molecule has 0 spiro atoms. The highest BCUT2D eigenvalue weighted by atomic mass is 16.5. The van der Waals surface area contributed by atoms with Crippen molar-refractivity contribution in [1.29, 1.82) is 0 Å². The van der Waals surface area contributed by atoms with Crippen molar-refractivity contribution in [1.82, 2.24) is 19.9 Å². The topological polar surface area (TPSA) is 108 Å². The van der Waals surface area contributed by atoms with Crippen molar-refractivity contribution >= 4 is 33.9 Å². The Labute approximate surface area is 190 Å². The van der Waals surface area contributed by atoms with Gasteiger partial charge in [0.1, 0.15) is 17.5 Å². The fourth-order valence-corrected chi connectivity index (χ4v) is 3.96. The fraction of sp³-hybridized carbons (Fsp3) is 0.250. The van der Waals surface area contributed by atoms with Gasteiger partial charge in [-0.1, -0.05) is 0 Å². The number of rotatable bonds is 5. The smallest absolute Gasteiger partial charge is 0.259 e. The lowest BCUT2D eigenvalue weighted by molar-refractivity contribution is 0.0529. The molecule has 0 amide bonds. The summed E-state index contributed by atoms with van der Waals surface area (Å²) in [6, 6.07) is 11.5. The van der Waals surface area contributed by atoms with Gasteiger partial charge in [-0.05, 0) is 48.7 Å². The quantitative estimate of drug-likeness (QED) is 0.431. The number of pyridine rings is 4. The van der Waals surface area contributed by atoms with Crippen LogP contribution < -0.4 is 21.1 Å². The summed E-state index contributed by atoms with van der Waals surface area (Å²) in [7, 11) is 1.82. The van der Waals surface area contributed by atoms with E-state index in [2.05, 4.69) is 37.4 Å². The molecule has 0 aliphatic carbocycles. The first kappa shape index (κ1) is 20.9. The molecule has 9 nitrogen and oxygen atoms in total. The van der Waals surface area contributed by atoms with Crippen LogP contribution in [0.2, 0.25) is 0 Å². The molecule has 9 heteroatoms. The van der Waals surface area contributed by atoms with Crippen molar-refractivity contribution in [3.63, 3.8) is 0 Å². The zero-order chi connectivity index (χ0) is 22.8. The Kier molecular flexibility index (Phi) is 5.62. The van der Waals surface area contributed by atoms with Crippen LogP contribution in [-0.4, -0.2) is 52.8 Å². The van der Waals surface area contributed by atoms with E-state index in [-0.39, 0.29) is 11.7 Å². The summed E-state index contributed by atoms with van der Waals surface area (Å²) < 4.78 is 5.61. The lowest BCUT2D eigenvalue weighted by Gasteiger charge is -2.32. The number of nitrogens with one attached hydrogen (secondary N) is 3.